The van der Waals surface area contributed by atoms with Crippen LogP contribution in [0.3, 0.4) is 0 Å². The second-order valence-corrected chi connectivity index (χ2v) is 25.4. The highest BCUT2D eigenvalue weighted by molar-refractivity contribution is 9.10. The van der Waals surface area contributed by atoms with Gasteiger partial charge in [-0.15, -0.1) is 0 Å². The molecule has 8 nitrogen and oxygen atoms in total. The molecule has 0 fully saturated rings. The normalized spacial score (nSPS) is 13.2. The highest BCUT2D eigenvalue weighted by atomic mass is 79.9. The molecule has 0 radical (unpaired) electrons. The molecule has 4 aromatic heterocycles. The standard InChI is InChI=1S/C40H29N3.C21H16BrN.C19H15BN2O2/c1-40(2)32-15-7-10-18-36(32)43-35-17-9-6-14-30(35)31-24-28(25-33(40)38(31)43)26-20-22-27(23-21-26)39-41-34-16-8-11-19-37(34)42(39)29-12-4-3-5-13-29;1-21(2)16-8-4-6-10-19(16)23-18-9-5-3-7-14(18)15-11-13(22)12-17(21)20(15)23;23-20(24)15-12-10-14(11-13-15)19-21-17-8-4-5-9-18(17)22(19)16-6-2-1-3-7-16/h3-25H,1-2H3;3-12H,1-2H3;1-13,23-24H. The first kappa shape index (κ1) is 55.0. The molecule has 90 heavy (non-hydrogen) atoms. The summed E-state index contributed by atoms with van der Waals surface area (Å²) in [5.41, 5.74) is 24.3. The van der Waals surface area contributed by atoms with Crippen LogP contribution < -0.4 is 5.46 Å². The van der Waals surface area contributed by atoms with Crippen LogP contribution >= 0.6 is 15.9 Å². The van der Waals surface area contributed by atoms with Crippen LogP contribution in [0.25, 0.3) is 122 Å². The summed E-state index contributed by atoms with van der Waals surface area (Å²) in [6, 6.07) is 97.5. The zero-order valence-corrected chi connectivity index (χ0v) is 51.7. The van der Waals surface area contributed by atoms with Gasteiger partial charge in [-0.3, -0.25) is 9.13 Å². The molecular formula is C80H60BBrN6O2. The van der Waals surface area contributed by atoms with Gasteiger partial charge in [0.2, 0.25) is 0 Å². The van der Waals surface area contributed by atoms with Crippen molar-refractivity contribution in [3.8, 4) is 56.7 Å². The molecule has 0 saturated carbocycles. The van der Waals surface area contributed by atoms with Gasteiger partial charge < -0.3 is 19.2 Å². The molecule has 0 atom stereocenters. The Balaban J connectivity index is 0.000000117. The van der Waals surface area contributed by atoms with Crippen molar-refractivity contribution in [2.45, 2.75) is 38.5 Å². The fourth-order valence-electron chi connectivity index (χ4n) is 14.2. The Bertz CT molecular complexity index is 5470. The topological polar surface area (TPSA) is 86.0 Å². The third-order valence-corrected chi connectivity index (χ3v) is 19.0. The quantitative estimate of drug-likeness (QED) is 0.162. The third-order valence-electron chi connectivity index (χ3n) is 18.6. The van der Waals surface area contributed by atoms with Crippen molar-refractivity contribution in [1.82, 2.24) is 28.2 Å². The minimum absolute atomic E-state index is 0.0109. The van der Waals surface area contributed by atoms with Crippen LogP contribution in [0.15, 0.2) is 284 Å². The summed E-state index contributed by atoms with van der Waals surface area (Å²) in [6.45, 7) is 9.38. The lowest BCUT2D eigenvalue weighted by molar-refractivity contribution is 0.426. The van der Waals surface area contributed by atoms with E-state index in [-0.39, 0.29) is 10.8 Å². The maximum absolute atomic E-state index is 9.27. The second-order valence-electron chi connectivity index (χ2n) is 24.5. The van der Waals surface area contributed by atoms with Gasteiger partial charge >= 0.3 is 7.12 Å². The van der Waals surface area contributed by atoms with E-state index in [1.807, 2.05) is 66.7 Å². The maximum atomic E-state index is 9.27. The van der Waals surface area contributed by atoms with Crippen LogP contribution in [0, 0.1) is 0 Å². The summed E-state index contributed by atoms with van der Waals surface area (Å²) in [4.78, 5) is 9.85. The number of imidazole rings is 2. The lowest BCUT2D eigenvalue weighted by Gasteiger charge is -2.35. The zero-order chi connectivity index (χ0) is 61.0. The number of hydrogen-bond acceptors (Lipinski definition) is 4. The summed E-state index contributed by atoms with van der Waals surface area (Å²) in [5.74, 6) is 1.77. The molecule has 16 aromatic rings. The van der Waals surface area contributed by atoms with E-state index in [0.29, 0.717) is 5.46 Å². The highest BCUT2D eigenvalue weighted by Gasteiger charge is 2.37. The molecule has 0 bridgehead atoms. The predicted octanol–water partition coefficient (Wildman–Crippen LogP) is 18.7. The van der Waals surface area contributed by atoms with Crippen molar-refractivity contribution in [3.63, 3.8) is 0 Å². The van der Waals surface area contributed by atoms with Crippen molar-refractivity contribution in [1.29, 1.82) is 0 Å². The van der Waals surface area contributed by atoms with Crippen molar-refractivity contribution in [2.24, 2.45) is 0 Å². The first-order valence-corrected chi connectivity index (χ1v) is 31.4. The van der Waals surface area contributed by atoms with Crippen LogP contribution in [-0.4, -0.2) is 45.4 Å². The average Bonchev–Trinajstić information content (AvgIpc) is 1.49. The molecule has 432 valence electrons. The third kappa shape index (κ3) is 8.80. The van der Waals surface area contributed by atoms with E-state index in [4.69, 9.17) is 9.97 Å². The summed E-state index contributed by atoms with van der Waals surface area (Å²) in [5, 5.41) is 23.8. The monoisotopic (exact) mass is 1230 g/mol. The molecule has 12 aromatic carbocycles. The van der Waals surface area contributed by atoms with E-state index in [2.05, 4.69) is 262 Å². The van der Waals surface area contributed by atoms with Gasteiger partial charge in [-0.05, 0) is 136 Å². The number of para-hydroxylation sites is 10. The largest absolute Gasteiger partial charge is 0.488 e. The first-order valence-electron chi connectivity index (χ1n) is 30.6. The Morgan fingerprint density at radius 3 is 1.21 bits per heavy atom. The Labute approximate surface area is 530 Å². The van der Waals surface area contributed by atoms with E-state index in [1.54, 1.807) is 12.1 Å². The predicted molar refractivity (Wildman–Crippen MR) is 375 cm³/mol. The average molecular weight is 1230 g/mol. The van der Waals surface area contributed by atoms with Gasteiger partial charge in [0.25, 0.3) is 0 Å². The van der Waals surface area contributed by atoms with E-state index in [1.165, 1.54) is 88.4 Å². The summed E-state index contributed by atoms with van der Waals surface area (Å²) >= 11 is 3.73. The van der Waals surface area contributed by atoms with E-state index < -0.39 is 7.12 Å². The number of aromatic nitrogens is 6. The fraction of sp³-hybridized carbons (Fsp3) is 0.0750. The van der Waals surface area contributed by atoms with Crippen molar-refractivity contribution in [2.75, 3.05) is 0 Å². The first-order chi connectivity index (χ1) is 43.9. The molecule has 0 saturated heterocycles. The number of halogens is 1. The second kappa shape index (κ2) is 21.5. The zero-order valence-electron chi connectivity index (χ0n) is 50.1. The van der Waals surface area contributed by atoms with Crippen LogP contribution in [0.4, 0.5) is 0 Å². The van der Waals surface area contributed by atoms with Gasteiger partial charge in [0.05, 0.1) is 55.5 Å². The van der Waals surface area contributed by atoms with E-state index in [9.17, 15) is 10.0 Å². The lowest BCUT2D eigenvalue weighted by Crippen LogP contribution is -2.29. The molecule has 2 N–H and O–H groups in total. The summed E-state index contributed by atoms with van der Waals surface area (Å²) in [6.07, 6.45) is 0. The minimum atomic E-state index is -1.47. The fourth-order valence-corrected chi connectivity index (χ4v) is 14.7. The van der Waals surface area contributed by atoms with Crippen LogP contribution in [0.2, 0.25) is 0 Å². The van der Waals surface area contributed by atoms with Crippen molar-refractivity contribution < 1.29 is 10.0 Å². The van der Waals surface area contributed by atoms with Crippen LogP contribution in [0.5, 0.6) is 0 Å². The van der Waals surface area contributed by atoms with Crippen molar-refractivity contribution >= 4 is 94.2 Å². The lowest BCUT2D eigenvalue weighted by atomic mass is 9.74. The minimum Gasteiger partial charge on any atom is -0.423 e. The Morgan fingerprint density at radius 1 is 0.333 bits per heavy atom. The molecule has 0 amide bonds. The number of hydrogen-bond donors (Lipinski definition) is 2. The van der Waals surface area contributed by atoms with Gasteiger partial charge in [-0.25, -0.2) is 9.97 Å². The molecule has 10 heteroatoms. The van der Waals surface area contributed by atoms with Gasteiger partial charge in [0.1, 0.15) is 11.6 Å². The number of nitrogens with zero attached hydrogens (tertiary/aromatic N) is 6. The Hall–Kier alpha value is -10.4. The number of rotatable bonds is 6. The Morgan fingerprint density at radius 2 is 0.722 bits per heavy atom. The SMILES string of the molecule is CC1(C)c2ccccc2-n2c3ccccc3c3cc(-c4ccc(-c5nc6ccccc6n5-c5ccccc5)cc4)cc1c32.CC1(C)c2ccccc2-n2c3ccccc3c3cc(Br)cc1c32.OB(O)c1ccc(-c2nc3ccccc3n2-c2ccccc2)cc1. The van der Waals surface area contributed by atoms with E-state index >= 15 is 0 Å². The van der Waals surface area contributed by atoms with Crippen LogP contribution in [0.1, 0.15) is 49.9 Å². The van der Waals surface area contributed by atoms with Gasteiger partial charge in [0, 0.05) is 59.3 Å². The number of benzene rings is 12. The van der Waals surface area contributed by atoms with Crippen molar-refractivity contribution in [3.05, 3.63) is 306 Å². The molecule has 2 aliphatic heterocycles. The molecule has 0 spiro atoms. The Kier molecular flexibility index (Phi) is 13.1. The number of fused-ring (bicyclic) bond motifs is 12. The molecule has 6 heterocycles. The van der Waals surface area contributed by atoms with Gasteiger partial charge in [-0.1, -0.05) is 226 Å². The molecular weight excluding hydrogens is 1170 g/mol. The van der Waals surface area contributed by atoms with E-state index in [0.717, 1.165) is 60.7 Å². The highest BCUT2D eigenvalue weighted by Crippen LogP contribution is 2.51. The smallest absolute Gasteiger partial charge is 0.423 e. The van der Waals surface area contributed by atoms with Gasteiger partial charge in [0.15, 0.2) is 0 Å². The summed E-state index contributed by atoms with van der Waals surface area (Å²) in [7, 11) is -1.47. The molecule has 2 aliphatic rings. The summed E-state index contributed by atoms with van der Waals surface area (Å²) < 4.78 is 10.4. The van der Waals surface area contributed by atoms with Crippen LogP contribution in [-0.2, 0) is 10.8 Å². The molecule has 18 rings (SSSR count). The molecule has 0 unspecified atom stereocenters. The molecule has 0 aliphatic carbocycles. The maximum Gasteiger partial charge on any atom is 0.488 e. The van der Waals surface area contributed by atoms with Gasteiger partial charge in [-0.2, -0.15) is 0 Å².